The van der Waals surface area contributed by atoms with E-state index >= 15 is 0 Å². The van der Waals surface area contributed by atoms with Crippen LogP contribution in [-0.4, -0.2) is 17.2 Å². The first-order valence-corrected chi connectivity index (χ1v) is 6.10. The smallest absolute Gasteiger partial charge is 0.213 e. The van der Waals surface area contributed by atoms with E-state index < -0.39 is 6.10 Å². The van der Waals surface area contributed by atoms with E-state index in [4.69, 9.17) is 9.47 Å². The summed E-state index contributed by atoms with van der Waals surface area (Å²) >= 11 is 0. The maximum absolute atomic E-state index is 9.42. The van der Waals surface area contributed by atoms with Crippen LogP contribution in [0.1, 0.15) is 24.3 Å². The number of pyridine rings is 1. The molecule has 0 saturated carbocycles. The van der Waals surface area contributed by atoms with Crippen molar-refractivity contribution >= 4 is 0 Å². The van der Waals surface area contributed by atoms with E-state index in [0.717, 1.165) is 17.0 Å². The first kappa shape index (κ1) is 13.4. The minimum atomic E-state index is -0.464. The maximum Gasteiger partial charge on any atom is 0.213 e. The predicted octanol–water partition coefficient (Wildman–Crippen LogP) is 2.72. The van der Waals surface area contributed by atoms with Crippen molar-refractivity contribution < 1.29 is 14.6 Å². The summed E-state index contributed by atoms with van der Waals surface area (Å²) in [6.45, 7) is 2.11. The van der Waals surface area contributed by atoms with Crippen LogP contribution in [0.4, 0.5) is 0 Å². The SMILES string of the molecule is COc1cccc(COc2ccc([C@@H](C)O)cc2)n1. The number of nitrogens with zero attached hydrogens (tertiary/aromatic N) is 1. The van der Waals surface area contributed by atoms with Crippen molar-refractivity contribution in [1.82, 2.24) is 4.98 Å². The summed E-state index contributed by atoms with van der Waals surface area (Å²) in [4.78, 5) is 4.26. The molecule has 0 radical (unpaired) electrons. The average molecular weight is 259 g/mol. The van der Waals surface area contributed by atoms with Gasteiger partial charge in [-0.15, -0.1) is 0 Å². The molecular formula is C15H17NO3. The van der Waals surface area contributed by atoms with Crippen LogP contribution in [0.2, 0.25) is 0 Å². The number of hydrogen-bond donors (Lipinski definition) is 1. The van der Waals surface area contributed by atoms with Crippen LogP contribution in [-0.2, 0) is 6.61 Å². The van der Waals surface area contributed by atoms with Gasteiger partial charge < -0.3 is 14.6 Å². The third-order valence-electron chi connectivity index (χ3n) is 2.74. The molecule has 4 heteroatoms. The lowest BCUT2D eigenvalue weighted by atomic mass is 10.1. The third kappa shape index (κ3) is 3.69. The second-order valence-electron chi connectivity index (χ2n) is 4.20. The fourth-order valence-electron chi connectivity index (χ4n) is 1.65. The molecule has 0 spiro atoms. The Hall–Kier alpha value is -2.07. The summed E-state index contributed by atoms with van der Waals surface area (Å²) in [5.41, 5.74) is 1.67. The van der Waals surface area contributed by atoms with E-state index in [-0.39, 0.29) is 0 Å². The van der Waals surface area contributed by atoms with Gasteiger partial charge in [-0.25, -0.2) is 4.98 Å². The van der Waals surface area contributed by atoms with Gasteiger partial charge in [0.25, 0.3) is 0 Å². The van der Waals surface area contributed by atoms with Crippen LogP contribution in [0.5, 0.6) is 11.6 Å². The molecule has 0 aliphatic heterocycles. The van der Waals surface area contributed by atoms with Crippen molar-refractivity contribution in [3.05, 3.63) is 53.7 Å². The number of methoxy groups -OCH3 is 1. The Morgan fingerprint density at radius 2 is 1.89 bits per heavy atom. The lowest BCUT2D eigenvalue weighted by Crippen LogP contribution is -1.99. The molecule has 1 aromatic heterocycles. The van der Waals surface area contributed by atoms with E-state index in [0.29, 0.717) is 12.5 Å². The Labute approximate surface area is 112 Å². The highest BCUT2D eigenvalue weighted by molar-refractivity contribution is 5.28. The summed E-state index contributed by atoms with van der Waals surface area (Å²) in [5, 5.41) is 9.42. The molecule has 1 N–H and O–H groups in total. The second-order valence-corrected chi connectivity index (χ2v) is 4.20. The van der Waals surface area contributed by atoms with E-state index in [1.165, 1.54) is 0 Å². The van der Waals surface area contributed by atoms with Gasteiger partial charge in [-0.2, -0.15) is 0 Å². The van der Waals surface area contributed by atoms with Crippen LogP contribution >= 0.6 is 0 Å². The molecule has 0 aliphatic rings. The first-order chi connectivity index (χ1) is 9.19. The van der Waals surface area contributed by atoms with E-state index in [1.807, 2.05) is 36.4 Å². The number of rotatable bonds is 5. The number of hydrogen-bond acceptors (Lipinski definition) is 4. The van der Waals surface area contributed by atoms with Gasteiger partial charge in [0.2, 0.25) is 5.88 Å². The van der Waals surface area contributed by atoms with Crippen molar-refractivity contribution in [2.45, 2.75) is 19.6 Å². The highest BCUT2D eigenvalue weighted by Gasteiger charge is 2.02. The summed E-state index contributed by atoms with van der Waals surface area (Å²) in [6.07, 6.45) is -0.464. The van der Waals surface area contributed by atoms with Gasteiger partial charge in [-0.1, -0.05) is 18.2 Å². The molecule has 0 saturated heterocycles. The van der Waals surface area contributed by atoms with Crippen molar-refractivity contribution in [3.63, 3.8) is 0 Å². The Morgan fingerprint density at radius 3 is 2.53 bits per heavy atom. The lowest BCUT2D eigenvalue weighted by Gasteiger charge is -2.08. The van der Waals surface area contributed by atoms with Gasteiger partial charge in [0.1, 0.15) is 12.4 Å². The zero-order valence-electron chi connectivity index (χ0n) is 11.0. The molecule has 0 unspecified atom stereocenters. The van der Waals surface area contributed by atoms with Crippen molar-refractivity contribution in [2.24, 2.45) is 0 Å². The number of aliphatic hydroxyl groups excluding tert-OH is 1. The van der Waals surface area contributed by atoms with Crippen LogP contribution in [0, 0.1) is 0 Å². The molecule has 0 amide bonds. The standard InChI is InChI=1S/C15H17NO3/c1-11(17)12-6-8-14(9-7-12)19-10-13-4-3-5-15(16-13)18-2/h3-9,11,17H,10H2,1-2H3/t11-/m1/s1. The van der Waals surface area contributed by atoms with Crippen LogP contribution in [0.3, 0.4) is 0 Å². The molecule has 4 nitrogen and oxygen atoms in total. The molecule has 2 aromatic rings. The molecule has 100 valence electrons. The third-order valence-corrected chi connectivity index (χ3v) is 2.74. The number of aliphatic hydroxyl groups is 1. The Balaban J connectivity index is 1.98. The molecule has 2 rings (SSSR count). The highest BCUT2D eigenvalue weighted by atomic mass is 16.5. The van der Waals surface area contributed by atoms with Gasteiger partial charge in [-0.3, -0.25) is 0 Å². The average Bonchev–Trinajstić information content (AvgIpc) is 2.46. The van der Waals surface area contributed by atoms with Crippen LogP contribution < -0.4 is 9.47 Å². The van der Waals surface area contributed by atoms with Gasteiger partial charge in [-0.05, 0) is 30.7 Å². The second kappa shape index (κ2) is 6.20. The van der Waals surface area contributed by atoms with Crippen molar-refractivity contribution in [1.29, 1.82) is 0 Å². The molecule has 0 fully saturated rings. The van der Waals surface area contributed by atoms with Gasteiger partial charge in [0.15, 0.2) is 0 Å². The fraction of sp³-hybridized carbons (Fsp3) is 0.267. The Morgan fingerprint density at radius 1 is 1.16 bits per heavy atom. The Kier molecular flexibility index (Phi) is 4.36. The Bertz CT molecular complexity index is 523. The molecule has 0 aliphatic carbocycles. The van der Waals surface area contributed by atoms with Crippen LogP contribution in [0.25, 0.3) is 0 Å². The summed E-state index contributed by atoms with van der Waals surface area (Å²) in [5.74, 6) is 1.32. The topological polar surface area (TPSA) is 51.6 Å². The van der Waals surface area contributed by atoms with E-state index in [2.05, 4.69) is 4.98 Å². The molecule has 1 atom stereocenters. The van der Waals surface area contributed by atoms with Crippen LogP contribution in [0.15, 0.2) is 42.5 Å². The molecular weight excluding hydrogens is 242 g/mol. The lowest BCUT2D eigenvalue weighted by molar-refractivity contribution is 0.199. The summed E-state index contributed by atoms with van der Waals surface area (Å²) < 4.78 is 10.7. The van der Waals surface area contributed by atoms with Gasteiger partial charge in [0.05, 0.1) is 18.9 Å². The van der Waals surface area contributed by atoms with Crippen molar-refractivity contribution in [3.8, 4) is 11.6 Å². The maximum atomic E-state index is 9.42. The van der Waals surface area contributed by atoms with E-state index in [9.17, 15) is 5.11 Å². The van der Waals surface area contributed by atoms with Gasteiger partial charge in [0, 0.05) is 6.07 Å². The largest absolute Gasteiger partial charge is 0.487 e. The minimum absolute atomic E-state index is 0.380. The molecule has 1 aromatic carbocycles. The zero-order chi connectivity index (χ0) is 13.7. The number of aromatic nitrogens is 1. The monoisotopic (exact) mass is 259 g/mol. The quantitative estimate of drug-likeness (QED) is 0.897. The van der Waals surface area contributed by atoms with Gasteiger partial charge >= 0.3 is 0 Å². The summed E-state index contributed by atoms with van der Waals surface area (Å²) in [6, 6.07) is 12.9. The normalized spacial score (nSPS) is 11.9. The predicted molar refractivity (Wildman–Crippen MR) is 72.2 cm³/mol. The van der Waals surface area contributed by atoms with E-state index in [1.54, 1.807) is 20.1 Å². The number of benzene rings is 1. The molecule has 0 bridgehead atoms. The molecule has 19 heavy (non-hydrogen) atoms. The fourth-order valence-corrected chi connectivity index (χ4v) is 1.65. The van der Waals surface area contributed by atoms with Crippen molar-refractivity contribution in [2.75, 3.05) is 7.11 Å². The zero-order valence-corrected chi connectivity index (χ0v) is 11.0. The summed E-state index contributed by atoms with van der Waals surface area (Å²) in [7, 11) is 1.59. The first-order valence-electron chi connectivity index (χ1n) is 6.10. The number of ether oxygens (including phenoxy) is 2. The minimum Gasteiger partial charge on any atom is -0.487 e. The molecule has 1 heterocycles. The highest BCUT2D eigenvalue weighted by Crippen LogP contribution is 2.18.